The van der Waals surface area contributed by atoms with Gasteiger partial charge in [0, 0.05) is 34.8 Å². The van der Waals surface area contributed by atoms with Crippen molar-refractivity contribution in [1.29, 1.82) is 0 Å². The summed E-state index contributed by atoms with van der Waals surface area (Å²) in [6.07, 6.45) is -2.56. The summed E-state index contributed by atoms with van der Waals surface area (Å²) in [6.45, 7) is 0. The van der Waals surface area contributed by atoms with Crippen LogP contribution in [-0.4, -0.2) is 33.7 Å². The summed E-state index contributed by atoms with van der Waals surface area (Å²) in [6, 6.07) is 0. The molecule has 2 N–H and O–H groups in total. The first-order chi connectivity index (χ1) is 5.78. The van der Waals surface area contributed by atoms with E-state index in [0.29, 0.717) is 0 Å². The average Bonchev–Trinajstić information content (AvgIpc) is 1.82. The Morgan fingerprint density at radius 1 is 1.14 bits per heavy atom. The standard InChI is InChI=1S/C6H8O7.Ag/c7-3(8)1-6(13,5(11)12)2-4(9)10;/h13H,1-2H2,(H,7,8)(H,9,10)(H,11,12);/p-2. The van der Waals surface area contributed by atoms with E-state index in [-0.39, 0.29) is 22.4 Å². The van der Waals surface area contributed by atoms with Crippen LogP contribution < -0.4 is 10.2 Å². The molecule has 0 aromatic heterocycles. The Balaban J connectivity index is 0. The third kappa shape index (κ3) is 4.97. The monoisotopic (exact) mass is 297 g/mol. The van der Waals surface area contributed by atoms with Crippen LogP contribution in [0.1, 0.15) is 12.8 Å². The number of rotatable bonds is 5. The normalized spacial score (nSPS) is 13.5. The van der Waals surface area contributed by atoms with Crippen LogP contribution in [0, 0.1) is 0 Å². The zero-order valence-electron chi connectivity index (χ0n) is 6.65. The predicted octanol–water partition coefficient (Wildman–Crippen LogP) is -3.92. The molecule has 0 aromatic rings. The molecule has 0 aliphatic rings. The van der Waals surface area contributed by atoms with Crippen LogP contribution in [0.5, 0.6) is 0 Å². The number of aliphatic carboxylic acids is 3. The number of carboxylic acids is 3. The molecule has 0 heterocycles. The maximum absolute atomic E-state index is 10.2. The molecule has 0 aromatic carbocycles. The summed E-state index contributed by atoms with van der Waals surface area (Å²) in [7, 11) is 0. The van der Waals surface area contributed by atoms with Crippen molar-refractivity contribution in [1.82, 2.24) is 0 Å². The Labute approximate surface area is 93.9 Å². The van der Waals surface area contributed by atoms with Crippen molar-refractivity contribution in [2.75, 3.05) is 0 Å². The van der Waals surface area contributed by atoms with Gasteiger partial charge < -0.3 is 30.0 Å². The molecular weight excluding hydrogens is 292 g/mol. The molecule has 0 saturated heterocycles. The van der Waals surface area contributed by atoms with E-state index in [2.05, 4.69) is 0 Å². The number of carbonyl (C=O) groups excluding carboxylic acids is 2. The summed E-state index contributed by atoms with van der Waals surface area (Å²) in [4.78, 5) is 30.2. The largest absolute Gasteiger partial charge is 0.550 e. The van der Waals surface area contributed by atoms with E-state index >= 15 is 0 Å². The summed E-state index contributed by atoms with van der Waals surface area (Å²) < 4.78 is 0. The van der Waals surface area contributed by atoms with E-state index in [1.165, 1.54) is 0 Å². The summed E-state index contributed by atoms with van der Waals surface area (Å²) >= 11 is 0. The van der Waals surface area contributed by atoms with Crippen molar-refractivity contribution < 1.29 is 57.2 Å². The molecule has 7 nitrogen and oxygen atoms in total. The minimum absolute atomic E-state index is 0. The van der Waals surface area contributed by atoms with E-state index in [1.807, 2.05) is 0 Å². The topological polar surface area (TPSA) is 138 Å². The zero-order valence-corrected chi connectivity index (χ0v) is 8.13. The number of aliphatic hydroxyl groups is 1. The van der Waals surface area contributed by atoms with Crippen LogP contribution in [0.15, 0.2) is 0 Å². The van der Waals surface area contributed by atoms with Gasteiger partial charge in [0.25, 0.3) is 0 Å². The van der Waals surface area contributed by atoms with Crippen molar-refractivity contribution >= 4 is 17.9 Å². The number of hydrogen-bond donors (Lipinski definition) is 2. The van der Waals surface area contributed by atoms with Gasteiger partial charge in [-0.1, -0.05) is 0 Å². The van der Waals surface area contributed by atoms with Crippen molar-refractivity contribution in [3.8, 4) is 0 Å². The molecule has 0 saturated carbocycles. The molecule has 85 valence electrons. The molecule has 0 rings (SSSR count). The number of hydrogen-bond acceptors (Lipinski definition) is 6. The Bertz CT molecular complexity index is 233. The van der Waals surface area contributed by atoms with E-state index in [9.17, 15) is 24.6 Å². The van der Waals surface area contributed by atoms with Crippen molar-refractivity contribution in [2.24, 2.45) is 0 Å². The van der Waals surface area contributed by atoms with Crippen LogP contribution in [0.25, 0.3) is 0 Å². The smallest absolute Gasteiger partial charge is 0.306 e. The number of carboxylic acid groups (broad SMARTS) is 3. The maximum atomic E-state index is 10.2. The second kappa shape index (κ2) is 5.76. The van der Waals surface area contributed by atoms with Crippen LogP contribution in [0.4, 0.5) is 0 Å². The van der Waals surface area contributed by atoms with E-state index in [1.54, 1.807) is 0 Å². The quantitative estimate of drug-likeness (QED) is 0.494. The minimum Gasteiger partial charge on any atom is -0.550 e. The first-order valence-corrected chi connectivity index (χ1v) is 3.13. The Hall–Kier alpha value is -0.890. The summed E-state index contributed by atoms with van der Waals surface area (Å²) in [5.74, 6) is -5.67. The number of carbonyl (C=O) groups is 3. The van der Waals surface area contributed by atoms with Gasteiger partial charge in [0.15, 0.2) is 0 Å². The second-order valence-corrected chi connectivity index (χ2v) is 2.44. The zero-order chi connectivity index (χ0) is 10.6. The van der Waals surface area contributed by atoms with Gasteiger partial charge in [-0.05, 0) is 0 Å². The Kier molecular flexibility index (Phi) is 6.41. The second-order valence-electron chi connectivity index (χ2n) is 2.44. The fourth-order valence-electron chi connectivity index (χ4n) is 0.696. The third-order valence-corrected chi connectivity index (χ3v) is 1.26. The molecule has 14 heavy (non-hydrogen) atoms. The Morgan fingerprint density at radius 2 is 1.57 bits per heavy atom. The molecule has 1 atom stereocenters. The Morgan fingerprint density at radius 3 is 1.79 bits per heavy atom. The molecule has 0 spiro atoms. The molecule has 0 aliphatic carbocycles. The molecule has 1 radical (unpaired) electrons. The van der Waals surface area contributed by atoms with Gasteiger partial charge in [-0.3, -0.25) is 4.79 Å². The minimum atomic E-state index is -2.91. The van der Waals surface area contributed by atoms with Gasteiger partial charge in [-0.15, -0.1) is 0 Å². The van der Waals surface area contributed by atoms with Crippen molar-refractivity contribution in [3.63, 3.8) is 0 Å². The summed E-state index contributed by atoms with van der Waals surface area (Å²) in [5, 5.41) is 37.2. The molecule has 0 aliphatic heterocycles. The fourth-order valence-corrected chi connectivity index (χ4v) is 0.696. The SMILES string of the molecule is O=C([O-])CC(O)(CC(=O)O)C(=O)[O-].[Ag]. The van der Waals surface area contributed by atoms with Crippen LogP contribution >= 0.6 is 0 Å². The maximum Gasteiger partial charge on any atom is 0.306 e. The van der Waals surface area contributed by atoms with Crippen LogP contribution in [0.2, 0.25) is 0 Å². The first kappa shape index (κ1) is 15.6. The van der Waals surface area contributed by atoms with Crippen LogP contribution in [-0.2, 0) is 36.8 Å². The van der Waals surface area contributed by atoms with Crippen molar-refractivity contribution in [2.45, 2.75) is 18.4 Å². The summed E-state index contributed by atoms with van der Waals surface area (Å²) in [5.41, 5.74) is -2.91. The molecule has 8 heteroatoms. The van der Waals surface area contributed by atoms with Gasteiger partial charge in [-0.25, -0.2) is 0 Å². The third-order valence-electron chi connectivity index (χ3n) is 1.26. The molecular formula is C6H6AgO7-2. The molecule has 0 amide bonds. The van der Waals surface area contributed by atoms with E-state index < -0.39 is 36.4 Å². The fraction of sp³-hybridized carbons (Fsp3) is 0.500. The van der Waals surface area contributed by atoms with Gasteiger partial charge in [0.1, 0.15) is 5.60 Å². The molecule has 1 unspecified atom stereocenters. The van der Waals surface area contributed by atoms with E-state index in [4.69, 9.17) is 10.2 Å². The van der Waals surface area contributed by atoms with Crippen molar-refractivity contribution in [3.05, 3.63) is 0 Å². The van der Waals surface area contributed by atoms with E-state index in [0.717, 1.165) is 0 Å². The first-order valence-electron chi connectivity index (χ1n) is 3.13. The average molecular weight is 298 g/mol. The molecule has 0 fully saturated rings. The predicted molar refractivity (Wildman–Crippen MR) is 31.8 cm³/mol. The van der Waals surface area contributed by atoms with Gasteiger partial charge in [0.05, 0.1) is 12.4 Å². The van der Waals surface area contributed by atoms with Crippen LogP contribution in [0.3, 0.4) is 0 Å². The van der Waals surface area contributed by atoms with Gasteiger partial charge in [-0.2, -0.15) is 0 Å². The van der Waals surface area contributed by atoms with Gasteiger partial charge >= 0.3 is 5.97 Å². The molecule has 0 bridgehead atoms. The van der Waals surface area contributed by atoms with Gasteiger partial charge in [0.2, 0.25) is 0 Å².